The van der Waals surface area contributed by atoms with E-state index < -0.39 is 16.6 Å². The quantitative estimate of drug-likeness (QED) is 0.944. The van der Waals surface area contributed by atoms with Gasteiger partial charge in [-0.05, 0) is 19.4 Å². The van der Waals surface area contributed by atoms with E-state index in [0.29, 0.717) is 29.2 Å². The zero-order valence-corrected chi connectivity index (χ0v) is 12.3. The molecule has 0 aliphatic heterocycles. The molecular formula is C12H15ClFN3OS. The fourth-order valence-electron chi connectivity index (χ4n) is 2.04. The minimum absolute atomic E-state index is 0.0235. The summed E-state index contributed by atoms with van der Waals surface area (Å²) in [7, 11) is -0.857. The van der Waals surface area contributed by atoms with Crippen molar-refractivity contribution in [3.63, 3.8) is 0 Å². The standard InChI is InChI=1S/C12H15ClFN3OS/c1-7(3-4-19(2)18)17-11-5-8(13)9(14)6-10(11)16-12(17)15/h5-7H,3-4H2,1-2H3,(H2,15,16). The third-order valence-electron chi connectivity index (χ3n) is 3.02. The summed E-state index contributed by atoms with van der Waals surface area (Å²) >= 11 is 5.80. The third kappa shape index (κ3) is 2.90. The molecule has 104 valence electrons. The van der Waals surface area contributed by atoms with Crippen molar-refractivity contribution in [1.82, 2.24) is 9.55 Å². The molecule has 0 aliphatic rings. The largest absolute Gasteiger partial charge is 0.369 e. The molecule has 2 unspecified atom stereocenters. The lowest BCUT2D eigenvalue weighted by atomic mass is 10.2. The Morgan fingerprint density at radius 3 is 2.89 bits per heavy atom. The molecule has 0 saturated heterocycles. The number of fused-ring (bicyclic) bond motifs is 1. The van der Waals surface area contributed by atoms with E-state index in [0.717, 1.165) is 0 Å². The molecule has 0 radical (unpaired) electrons. The maximum atomic E-state index is 13.4. The number of halogens is 2. The van der Waals surface area contributed by atoms with Crippen LogP contribution < -0.4 is 5.73 Å². The summed E-state index contributed by atoms with van der Waals surface area (Å²) in [5, 5.41) is 0.0416. The molecule has 2 aromatic rings. The zero-order valence-electron chi connectivity index (χ0n) is 10.7. The second kappa shape index (κ2) is 5.46. The van der Waals surface area contributed by atoms with Gasteiger partial charge in [0.2, 0.25) is 5.95 Å². The van der Waals surface area contributed by atoms with Gasteiger partial charge >= 0.3 is 0 Å². The Labute approximate surface area is 118 Å². The van der Waals surface area contributed by atoms with Crippen molar-refractivity contribution in [3.8, 4) is 0 Å². The van der Waals surface area contributed by atoms with Gasteiger partial charge in [0.1, 0.15) is 5.82 Å². The van der Waals surface area contributed by atoms with E-state index in [-0.39, 0.29) is 11.1 Å². The molecule has 2 N–H and O–H groups in total. The molecule has 4 nitrogen and oxygen atoms in total. The van der Waals surface area contributed by atoms with Crippen LogP contribution in [-0.4, -0.2) is 25.8 Å². The Kier molecular flexibility index (Phi) is 4.10. The minimum atomic E-state index is -0.857. The third-order valence-corrected chi connectivity index (χ3v) is 4.12. The topological polar surface area (TPSA) is 60.9 Å². The Morgan fingerprint density at radius 1 is 1.58 bits per heavy atom. The predicted molar refractivity (Wildman–Crippen MR) is 77.4 cm³/mol. The van der Waals surface area contributed by atoms with Crippen molar-refractivity contribution in [2.24, 2.45) is 0 Å². The second-order valence-corrected chi connectivity index (χ2v) is 6.47. The molecule has 0 amide bonds. The van der Waals surface area contributed by atoms with Crippen LogP contribution in [-0.2, 0) is 10.8 Å². The molecule has 0 aliphatic carbocycles. The summed E-state index contributed by atoms with van der Waals surface area (Å²) in [4.78, 5) is 4.13. The van der Waals surface area contributed by atoms with Gasteiger partial charge in [0, 0.05) is 34.9 Å². The number of aromatic nitrogens is 2. The highest BCUT2D eigenvalue weighted by Gasteiger charge is 2.16. The number of benzene rings is 1. The first kappa shape index (κ1) is 14.3. The molecular weight excluding hydrogens is 289 g/mol. The minimum Gasteiger partial charge on any atom is -0.369 e. The molecule has 2 rings (SSSR count). The highest BCUT2D eigenvalue weighted by atomic mass is 35.5. The van der Waals surface area contributed by atoms with Gasteiger partial charge in [0.25, 0.3) is 0 Å². The van der Waals surface area contributed by atoms with E-state index in [1.807, 2.05) is 6.92 Å². The van der Waals surface area contributed by atoms with E-state index in [9.17, 15) is 8.60 Å². The summed E-state index contributed by atoms with van der Waals surface area (Å²) in [5.74, 6) is 0.377. The molecule has 19 heavy (non-hydrogen) atoms. The fourth-order valence-corrected chi connectivity index (χ4v) is 2.87. The lowest BCUT2D eigenvalue weighted by Crippen LogP contribution is -2.11. The van der Waals surface area contributed by atoms with Crippen molar-refractivity contribution in [1.29, 1.82) is 0 Å². The van der Waals surface area contributed by atoms with Crippen LogP contribution in [0.25, 0.3) is 11.0 Å². The van der Waals surface area contributed by atoms with E-state index in [2.05, 4.69) is 4.98 Å². The Bertz CT molecular complexity index is 643. The van der Waals surface area contributed by atoms with Gasteiger partial charge < -0.3 is 10.3 Å². The van der Waals surface area contributed by atoms with Crippen molar-refractivity contribution < 1.29 is 8.60 Å². The van der Waals surface area contributed by atoms with Crippen LogP contribution in [0.5, 0.6) is 0 Å². The van der Waals surface area contributed by atoms with Gasteiger partial charge in [-0.15, -0.1) is 0 Å². The van der Waals surface area contributed by atoms with Crippen LogP contribution >= 0.6 is 11.6 Å². The normalized spacial score (nSPS) is 14.7. The van der Waals surface area contributed by atoms with Gasteiger partial charge in [-0.3, -0.25) is 4.21 Å². The fraction of sp³-hybridized carbons (Fsp3) is 0.417. The van der Waals surface area contributed by atoms with E-state index in [1.54, 1.807) is 10.8 Å². The van der Waals surface area contributed by atoms with E-state index in [4.69, 9.17) is 17.3 Å². The number of imidazole rings is 1. The molecule has 2 atom stereocenters. The molecule has 0 spiro atoms. The van der Waals surface area contributed by atoms with E-state index >= 15 is 0 Å². The Hall–Kier alpha value is -1.14. The van der Waals surface area contributed by atoms with Gasteiger partial charge in [0.05, 0.1) is 16.1 Å². The first-order valence-corrected chi connectivity index (χ1v) is 7.93. The number of hydrogen-bond donors (Lipinski definition) is 1. The van der Waals surface area contributed by atoms with Crippen molar-refractivity contribution in [3.05, 3.63) is 23.0 Å². The first-order chi connectivity index (χ1) is 8.90. The molecule has 0 fully saturated rings. The van der Waals surface area contributed by atoms with Crippen LogP contribution in [0.2, 0.25) is 5.02 Å². The highest BCUT2D eigenvalue weighted by Crippen LogP contribution is 2.28. The molecule has 0 saturated carbocycles. The Balaban J connectivity index is 2.44. The summed E-state index contributed by atoms with van der Waals surface area (Å²) in [6.45, 7) is 1.96. The number of anilines is 1. The summed E-state index contributed by atoms with van der Waals surface area (Å²) in [6, 6.07) is 2.82. The zero-order chi connectivity index (χ0) is 14.2. The van der Waals surface area contributed by atoms with Crippen molar-refractivity contribution in [2.45, 2.75) is 19.4 Å². The number of nitrogens with zero attached hydrogens (tertiary/aromatic N) is 2. The maximum absolute atomic E-state index is 13.4. The molecule has 0 bridgehead atoms. The predicted octanol–water partition coefficient (Wildman–Crippen LogP) is 2.74. The van der Waals surface area contributed by atoms with Gasteiger partial charge in [-0.2, -0.15) is 0 Å². The average molecular weight is 304 g/mol. The van der Waals surface area contributed by atoms with Crippen LogP contribution in [0.1, 0.15) is 19.4 Å². The second-order valence-electron chi connectivity index (χ2n) is 4.51. The van der Waals surface area contributed by atoms with Crippen molar-refractivity contribution >= 4 is 39.4 Å². The van der Waals surface area contributed by atoms with Crippen LogP contribution in [0, 0.1) is 5.82 Å². The molecule has 7 heteroatoms. The number of hydrogen-bond acceptors (Lipinski definition) is 3. The van der Waals surface area contributed by atoms with Gasteiger partial charge in [-0.1, -0.05) is 11.6 Å². The smallest absolute Gasteiger partial charge is 0.201 e. The lowest BCUT2D eigenvalue weighted by molar-refractivity contribution is 0.552. The monoisotopic (exact) mass is 303 g/mol. The van der Waals surface area contributed by atoms with Gasteiger partial charge in [0.15, 0.2) is 0 Å². The molecule has 1 aromatic carbocycles. The SMILES string of the molecule is CC(CCS(C)=O)n1c(N)nc2cc(F)c(Cl)cc21. The maximum Gasteiger partial charge on any atom is 0.201 e. The Morgan fingerprint density at radius 2 is 2.26 bits per heavy atom. The van der Waals surface area contributed by atoms with Crippen molar-refractivity contribution in [2.75, 3.05) is 17.7 Å². The van der Waals surface area contributed by atoms with Crippen LogP contribution in [0.15, 0.2) is 12.1 Å². The average Bonchev–Trinajstić information content (AvgIpc) is 2.62. The van der Waals surface area contributed by atoms with Crippen LogP contribution in [0.3, 0.4) is 0 Å². The van der Waals surface area contributed by atoms with E-state index in [1.165, 1.54) is 12.1 Å². The summed E-state index contributed by atoms with van der Waals surface area (Å²) in [6.07, 6.45) is 2.36. The number of nitrogens with two attached hydrogens (primary N) is 1. The van der Waals surface area contributed by atoms with Crippen LogP contribution in [0.4, 0.5) is 10.3 Å². The number of rotatable bonds is 4. The molecule has 1 heterocycles. The lowest BCUT2D eigenvalue weighted by Gasteiger charge is -2.15. The summed E-state index contributed by atoms with van der Waals surface area (Å²) in [5.41, 5.74) is 7.04. The summed E-state index contributed by atoms with van der Waals surface area (Å²) < 4.78 is 26.3. The number of nitrogen functional groups attached to an aromatic ring is 1. The molecule has 1 aromatic heterocycles. The highest BCUT2D eigenvalue weighted by molar-refractivity contribution is 7.84. The first-order valence-electron chi connectivity index (χ1n) is 5.82. The van der Waals surface area contributed by atoms with Gasteiger partial charge in [-0.25, -0.2) is 9.37 Å².